The fraction of sp³-hybridized carbons (Fsp3) is 0.333. The minimum atomic E-state index is 0.570. The Labute approximate surface area is 130 Å². The van der Waals surface area contributed by atoms with Crippen molar-refractivity contribution in [3.05, 3.63) is 42.9 Å². The Hall–Kier alpha value is -2.36. The van der Waals surface area contributed by atoms with Gasteiger partial charge in [-0.3, -0.25) is 0 Å². The van der Waals surface area contributed by atoms with Gasteiger partial charge in [-0.05, 0) is 42.7 Å². The largest absolute Gasteiger partial charge is 0.367 e. The van der Waals surface area contributed by atoms with Crippen LogP contribution in [-0.2, 0) is 0 Å². The van der Waals surface area contributed by atoms with E-state index in [1.165, 1.54) is 43.2 Å². The highest BCUT2D eigenvalue weighted by atomic mass is 15.0. The van der Waals surface area contributed by atoms with Crippen molar-refractivity contribution in [2.24, 2.45) is 0 Å². The first kappa shape index (κ1) is 13.3. The molecular weight excluding hydrogens is 272 g/mol. The molecule has 0 saturated heterocycles. The van der Waals surface area contributed by atoms with Crippen molar-refractivity contribution in [3.8, 4) is 11.1 Å². The first-order valence-electron chi connectivity index (χ1n) is 8.05. The van der Waals surface area contributed by atoms with Gasteiger partial charge in [0.25, 0.3) is 0 Å². The standard InChI is InChI=1S/C18H20N4/c1-2-5-14(6-3-1)22-17-11-13(8-10-19-17)16-12-21-18-15(16)7-4-9-20-18/h4,7-12,14H,1-3,5-6H2,(H,19,22)(H,20,21). The molecule has 0 unspecified atom stereocenters. The van der Waals surface area contributed by atoms with E-state index in [1.54, 1.807) is 0 Å². The topological polar surface area (TPSA) is 53.6 Å². The van der Waals surface area contributed by atoms with Crippen molar-refractivity contribution in [2.45, 2.75) is 38.1 Å². The zero-order valence-corrected chi connectivity index (χ0v) is 12.5. The Bertz CT molecular complexity index is 771. The number of nitrogens with one attached hydrogen (secondary N) is 2. The molecule has 0 aliphatic heterocycles. The summed E-state index contributed by atoms with van der Waals surface area (Å²) in [5.74, 6) is 0.975. The number of H-pyrrole nitrogens is 1. The van der Waals surface area contributed by atoms with Gasteiger partial charge in [0, 0.05) is 35.6 Å². The molecule has 0 bridgehead atoms. The van der Waals surface area contributed by atoms with Crippen LogP contribution in [0.1, 0.15) is 32.1 Å². The molecule has 4 nitrogen and oxygen atoms in total. The lowest BCUT2D eigenvalue weighted by molar-refractivity contribution is 0.462. The monoisotopic (exact) mass is 292 g/mol. The quantitative estimate of drug-likeness (QED) is 0.753. The van der Waals surface area contributed by atoms with Gasteiger partial charge < -0.3 is 10.3 Å². The highest BCUT2D eigenvalue weighted by molar-refractivity contribution is 5.93. The summed E-state index contributed by atoms with van der Waals surface area (Å²) in [5.41, 5.74) is 3.28. The Kier molecular flexibility index (Phi) is 3.51. The SMILES string of the molecule is c1cnc2[nH]cc(-c3ccnc(NC4CCCCC4)c3)c2c1. The maximum Gasteiger partial charge on any atom is 0.137 e. The van der Waals surface area contributed by atoms with E-state index in [2.05, 4.69) is 38.5 Å². The van der Waals surface area contributed by atoms with Crippen molar-refractivity contribution in [3.63, 3.8) is 0 Å². The average molecular weight is 292 g/mol. The Morgan fingerprint density at radius 3 is 2.86 bits per heavy atom. The molecule has 1 aliphatic rings. The van der Waals surface area contributed by atoms with Crippen LogP contribution in [0.15, 0.2) is 42.9 Å². The second-order valence-corrected chi connectivity index (χ2v) is 6.01. The molecule has 1 aliphatic carbocycles. The summed E-state index contributed by atoms with van der Waals surface area (Å²) in [7, 11) is 0. The molecule has 0 aromatic carbocycles. The minimum Gasteiger partial charge on any atom is -0.367 e. The van der Waals surface area contributed by atoms with E-state index in [0.29, 0.717) is 6.04 Å². The number of nitrogens with zero attached hydrogens (tertiary/aromatic N) is 2. The number of rotatable bonds is 3. The summed E-state index contributed by atoms with van der Waals surface area (Å²) in [5, 5.41) is 4.74. The summed E-state index contributed by atoms with van der Waals surface area (Å²) in [6.45, 7) is 0. The van der Waals surface area contributed by atoms with Gasteiger partial charge in [-0.15, -0.1) is 0 Å². The number of fused-ring (bicyclic) bond motifs is 1. The van der Waals surface area contributed by atoms with Crippen LogP contribution in [0.25, 0.3) is 22.2 Å². The van der Waals surface area contributed by atoms with Crippen LogP contribution in [0, 0.1) is 0 Å². The van der Waals surface area contributed by atoms with E-state index < -0.39 is 0 Å². The second kappa shape index (κ2) is 5.79. The normalized spacial score (nSPS) is 16.0. The number of pyridine rings is 2. The molecule has 0 radical (unpaired) electrons. The molecular formula is C18H20N4. The van der Waals surface area contributed by atoms with Gasteiger partial charge in [-0.2, -0.15) is 0 Å². The van der Waals surface area contributed by atoms with E-state index in [9.17, 15) is 0 Å². The van der Waals surface area contributed by atoms with Gasteiger partial charge in [-0.1, -0.05) is 19.3 Å². The van der Waals surface area contributed by atoms with Crippen molar-refractivity contribution in [2.75, 3.05) is 5.32 Å². The van der Waals surface area contributed by atoms with E-state index >= 15 is 0 Å². The third-order valence-electron chi connectivity index (χ3n) is 4.48. The molecule has 4 heteroatoms. The fourth-order valence-corrected chi connectivity index (χ4v) is 3.33. The van der Waals surface area contributed by atoms with Crippen molar-refractivity contribution < 1.29 is 0 Å². The average Bonchev–Trinajstić information content (AvgIpc) is 3.00. The molecule has 2 N–H and O–H groups in total. The number of anilines is 1. The second-order valence-electron chi connectivity index (χ2n) is 6.01. The van der Waals surface area contributed by atoms with Crippen LogP contribution in [0.3, 0.4) is 0 Å². The highest BCUT2D eigenvalue weighted by Crippen LogP contribution is 2.29. The maximum atomic E-state index is 4.49. The lowest BCUT2D eigenvalue weighted by Gasteiger charge is -2.23. The lowest BCUT2D eigenvalue weighted by atomic mass is 9.95. The van der Waals surface area contributed by atoms with Crippen LogP contribution in [0.4, 0.5) is 5.82 Å². The predicted octanol–water partition coefficient (Wildman–Crippen LogP) is 4.37. The molecule has 1 fully saturated rings. The molecule has 3 aromatic rings. The number of hydrogen-bond donors (Lipinski definition) is 2. The van der Waals surface area contributed by atoms with E-state index in [1.807, 2.05) is 24.7 Å². The first-order chi connectivity index (χ1) is 10.9. The smallest absolute Gasteiger partial charge is 0.137 e. The van der Waals surface area contributed by atoms with Gasteiger partial charge in [0.2, 0.25) is 0 Å². The molecule has 0 atom stereocenters. The van der Waals surface area contributed by atoms with Gasteiger partial charge in [0.05, 0.1) is 0 Å². The Morgan fingerprint density at radius 2 is 1.95 bits per heavy atom. The molecule has 3 heterocycles. The lowest BCUT2D eigenvalue weighted by Crippen LogP contribution is -2.22. The zero-order chi connectivity index (χ0) is 14.8. The predicted molar refractivity (Wildman–Crippen MR) is 89.8 cm³/mol. The molecule has 0 spiro atoms. The molecule has 112 valence electrons. The molecule has 4 rings (SSSR count). The molecule has 22 heavy (non-hydrogen) atoms. The summed E-state index contributed by atoms with van der Waals surface area (Å²) >= 11 is 0. The third kappa shape index (κ3) is 2.56. The Balaban J connectivity index is 1.63. The van der Waals surface area contributed by atoms with Gasteiger partial charge >= 0.3 is 0 Å². The maximum absolute atomic E-state index is 4.49. The van der Waals surface area contributed by atoms with Gasteiger partial charge in [0.1, 0.15) is 11.5 Å². The van der Waals surface area contributed by atoms with Crippen LogP contribution >= 0.6 is 0 Å². The summed E-state index contributed by atoms with van der Waals surface area (Å²) in [4.78, 5) is 12.1. The van der Waals surface area contributed by atoms with E-state index in [-0.39, 0.29) is 0 Å². The number of aromatic amines is 1. The summed E-state index contributed by atoms with van der Waals surface area (Å²) < 4.78 is 0. The third-order valence-corrected chi connectivity index (χ3v) is 4.48. The van der Waals surface area contributed by atoms with Crippen LogP contribution in [-0.4, -0.2) is 21.0 Å². The van der Waals surface area contributed by atoms with Crippen LogP contribution < -0.4 is 5.32 Å². The summed E-state index contributed by atoms with van der Waals surface area (Å²) in [6, 6.07) is 8.85. The van der Waals surface area contributed by atoms with E-state index in [4.69, 9.17) is 0 Å². The highest BCUT2D eigenvalue weighted by Gasteiger charge is 2.14. The van der Waals surface area contributed by atoms with Gasteiger partial charge in [-0.25, -0.2) is 9.97 Å². The number of hydrogen-bond acceptors (Lipinski definition) is 3. The van der Waals surface area contributed by atoms with Gasteiger partial charge in [0.15, 0.2) is 0 Å². The first-order valence-corrected chi connectivity index (χ1v) is 8.05. The fourth-order valence-electron chi connectivity index (χ4n) is 3.33. The molecule has 1 saturated carbocycles. The van der Waals surface area contributed by atoms with Crippen molar-refractivity contribution in [1.29, 1.82) is 0 Å². The Morgan fingerprint density at radius 1 is 1.05 bits per heavy atom. The molecule has 0 amide bonds. The van der Waals surface area contributed by atoms with Crippen LogP contribution in [0.2, 0.25) is 0 Å². The van der Waals surface area contributed by atoms with Crippen molar-refractivity contribution >= 4 is 16.9 Å². The molecule has 3 aromatic heterocycles. The minimum absolute atomic E-state index is 0.570. The van der Waals surface area contributed by atoms with E-state index in [0.717, 1.165) is 16.9 Å². The summed E-state index contributed by atoms with van der Waals surface area (Å²) in [6.07, 6.45) is 12.2. The van der Waals surface area contributed by atoms with Crippen LogP contribution in [0.5, 0.6) is 0 Å². The van der Waals surface area contributed by atoms with Crippen molar-refractivity contribution in [1.82, 2.24) is 15.0 Å². The zero-order valence-electron chi connectivity index (χ0n) is 12.5. The number of aromatic nitrogens is 3.